The largest absolute Gasteiger partial charge is 0.438 e. The molecule has 0 aliphatic heterocycles. The van der Waals surface area contributed by atoms with Crippen molar-refractivity contribution < 1.29 is 9.63 Å². The quantitative estimate of drug-likeness (QED) is 0.519. The van der Waals surface area contributed by atoms with E-state index in [9.17, 15) is 4.79 Å². The second-order valence-electron chi connectivity index (χ2n) is 4.33. The van der Waals surface area contributed by atoms with Crippen molar-refractivity contribution in [1.29, 1.82) is 0 Å². The summed E-state index contributed by atoms with van der Waals surface area (Å²) in [4.78, 5) is 22.1. The number of nitrogens with two attached hydrogens (primary N) is 1. The Morgan fingerprint density at radius 2 is 1.95 bits per heavy atom. The summed E-state index contributed by atoms with van der Waals surface area (Å²) < 4.78 is 1.26. The normalized spacial score (nSPS) is 11.0. The molecule has 2 N–H and O–H groups in total. The Bertz CT molecular complexity index is 405. The van der Waals surface area contributed by atoms with E-state index in [2.05, 4.69) is 28.6 Å². The average Bonchev–Trinajstić information content (AvgIpc) is 2.95. The van der Waals surface area contributed by atoms with Gasteiger partial charge in [-0.05, 0) is 11.5 Å². The molecule has 0 aromatic carbocycles. The highest BCUT2D eigenvalue weighted by Crippen LogP contribution is 2.08. The molecule has 21 heavy (non-hydrogen) atoms. The van der Waals surface area contributed by atoms with Crippen LogP contribution in [0.4, 0.5) is 4.79 Å². The van der Waals surface area contributed by atoms with E-state index in [4.69, 9.17) is 5.90 Å². The Balaban J connectivity index is 2.52. The van der Waals surface area contributed by atoms with Crippen LogP contribution in [0, 0.1) is 0 Å². The zero-order valence-corrected chi connectivity index (χ0v) is 14.3. The molecule has 0 atom stereocenters. The number of carbonyl (C=O) groups is 1. The maximum Gasteiger partial charge on any atom is 0.438 e. The van der Waals surface area contributed by atoms with Crippen LogP contribution in [-0.2, 0) is 11.4 Å². The van der Waals surface area contributed by atoms with E-state index in [1.807, 2.05) is 23.5 Å². The Labute approximate surface area is 134 Å². The topological polar surface area (TPSA) is 73.4 Å². The van der Waals surface area contributed by atoms with Crippen LogP contribution in [0.1, 0.15) is 19.5 Å². The van der Waals surface area contributed by atoms with Crippen molar-refractivity contribution in [3.05, 3.63) is 18.2 Å². The molecule has 0 spiro atoms. The Morgan fingerprint density at radius 3 is 2.48 bits per heavy atom. The van der Waals surface area contributed by atoms with Crippen LogP contribution in [0.5, 0.6) is 0 Å². The molecule has 6 nitrogen and oxygen atoms in total. The third kappa shape index (κ3) is 7.21. The summed E-state index contributed by atoms with van der Waals surface area (Å²) in [6.07, 6.45) is 2.48. The number of nitrogens with zero attached hydrogens (tertiary/aromatic N) is 3. The molecule has 1 heterocycles. The van der Waals surface area contributed by atoms with Gasteiger partial charge in [-0.15, -0.1) is 0 Å². The SMILES string of the molecule is CCSCCN(CCSCC)Cc1cn(C(=O)ON)cn1. The third-order valence-electron chi connectivity index (χ3n) is 2.85. The van der Waals surface area contributed by atoms with Gasteiger partial charge in [0, 0.05) is 37.3 Å². The first-order valence-corrected chi connectivity index (χ1v) is 9.33. The fourth-order valence-electron chi connectivity index (χ4n) is 1.78. The molecule has 0 aliphatic rings. The van der Waals surface area contributed by atoms with E-state index in [0.717, 1.165) is 48.3 Å². The number of hydrogen-bond donors (Lipinski definition) is 1. The van der Waals surface area contributed by atoms with Gasteiger partial charge in [0.25, 0.3) is 0 Å². The molecule has 8 heteroatoms. The molecule has 0 aliphatic carbocycles. The lowest BCUT2D eigenvalue weighted by atomic mass is 10.4. The molecule has 0 unspecified atom stereocenters. The van der Waals surface area contributed by atoms with Crippen molar-refractivity contribution in [3.8, 4) is 0 Å². The Kier molecular flexibility index (Phi) is 9.56. The van der Waals surface area contributed by atoms with Crippen molar-refractivity contribution in [1.82, 2.24) is 14.5 Å². The van der Waals surface area contributed by atoms with Crippen LogP contribution in [0.3, 0.4) is 0 Å². The standard InChI is InChI=1S/C13H24N4O2S2/c1-3-20-7-5-16(6-8-21-4-2)9-12-10-17(11-15-12)13(18)19-14/h10-11H,3-9,14H2,1-2H3. The minimum absolute atomic E-state index is 0.622. The molecule has 1 aromatic heterocycles. The minimum Gasteiger partial charge on any atom is -0.356 e. The van der Waals surface area contributed by atoms with Crippen LogP contribution in [0.15, 0.2) is 12.5 Å². The highest BCUT2D eigenvalue weighted by molar-refractivity contribution is 7.99. The molecule has 120 valence electrons. The van der Waals surface area contributed by atoms with E-state index in [0.29, 0.717) is 0 Å². The lowest BCUT2D eigenvalue weighted by molar-refractivity contribution is 0.149. The predicted molar refractivity (Wildman–Crippen MR) is 89.6 cm³/mol. The van der Waals surface area contributed by atoms with Crippen molar-refractivity contribution in [2.24, 2.45) is 5.90 Å². The van der Waals surface area contributed by atoms with Gasteiger partial charge in [-0.3, -0.25) is 4.90 Å². The first-order valence-electron chi connectivity index (χ1n) is 7.03. The van der Waals surface area contributed by atoms with Crippen LogP contribution in [0.2, 0.25) is 0 Å². The molecule has 1 rings (SSSR count). The maximum absolute atomic E-state index is 11.3. The smallest absolute Gasteiger partial charge is 0.356 e. The van der Waals surface area contributed by atoms with Crippen molar-refractivity contribution in [2.75, 3.05) is 36.1 Å². The summed E-state index contributed by atoms with van der Waals surface area (Å²) in [7, 11) is 0. The molecule has 1 aromatic rings. The zero-order chi connectivity index (χ0) is 15.5. The van der Waals surface area contributed by atoms with Gasteiger partial charge in [-0.25, -0.2) is 14.3 Å². The van der Waals surface area contributed by atoms with Gasteiger partial charge < -0.3 is 4.84 Å². The van der Waals surface area contributed by atoms with Crippen LogP contribution >= 0.6 is 23.5 Å². The molecular formula is C13H24N4O2S2. The zero-order valence-electron chi connectivity index (χ0n) is 12.7. The van der Waals surface area contributed by atoms with Crippen molar-refractivity contribution in [3.63, 3.8) is 0 Å². The van der Waals surface area contributed by atoms with Gasteiger partial charge in [0.15, 0.2) is 0 Å². The van der Waals surface area contributed by atoms with E-state index in [1.165, 1.54) is 10.9 Å². The molecular weight excluding hydrogens is 308 g/mol. The van der Waals surface area contributed by atoms with E-state index in [1.54, 1.807) is 6.20 Å². The first kappa shape index (κ1) is 18.3. The number of aromatic nitrogens is 2. The van der Waals surface area contributed by atoms with Gasteiger partial charge in [-0.1, -0.05) is 13.8 Å². The number of rotatable bonds is 10. The van der Waals surface area contributed by atoms with Gasteiger partial charge in [0.1, 0.15) is 6.33 Å². The fraction of sp³-hybridized carbons (Fsp3) is 0.692. The van der Waals surface area contributed by atoms with Crippen LogP contribution in [-0.4, -0.2) is 56.6 Å². The number of hydrogen-bond acceptors (Lipinski definition) is 7. The Hall–Kier alpha value is -0.700. The summed E-state index contributed by atoms with van der Waals surface area (Å²) in [5, 5.41) is 0. The summed E-state index contributed by atoms with van der Waals surface area (Å²) >= 11 is 3.87. The summed E-state index contributed by atoms with van der Waals surface area (Å²) in [5.41, 5.74) is 0.850. The van der Waals surface area contributed by atoms with E-state index >= 15 is 0 Å². The molecule has 0 bridgehead atoms. The van der Waals surface area contributed by atoms with E-state index in [-0.39, 0.29) is 0 Å². The summed E-state index contributed by atoms with van der Waals surface area (Å²) in [6, 6.07) is 0. The second kappa shape index (κ2) is 10.9. The predicted octanol–water partition coefficient (Wildman–Crippen LogP) is 2.05. The average molecular weight is 332 g/mol. The van der Waals surface area contributed by atoms with Crippen LogP contribution in [0.25, 0.3) is 0 Å². The summed E-state index contributed by atoms with van der Waals surface area (Å²) in [6.45, 7) is 7.12. The molecule has 0 amide bonds. The molecule has 0 radical (unpaired) electrons. The Morgan fingerprint density at radius 1 is 1.33 bits per heavy atom. The number of imidazole rings is 1. The molecule has 0 saturated carbocycles. The van der Waals surface area contributed by atoms with Gasteiger partial charge >= 0.3 is 6.09 Å². The van der Waals surface area contributed by atoms with Crippen molar-refractivity contribution in [2.45, 2.75) is 20.4 Å². The van der Waals surface area contributed by atoms with Crippen molar-refractivity contribution >= 4 is 29.6 Å². The fourth-order valence-corrected chi connectivity index (χ4v) is 3.13. The molecule has 0 fully saturated rings. The third-order valence-corrected chi connectivity index (χ3v) is 4.60. The van der Waals surface area contributed by atoms with Crippen LogP contribution < -0.4 is 5.90 Å². The highest BCUT2D eigenvalue weighted by Gasteiger charge is 2.11. The van der Waals surface area contributed by atoms with Gasteiger partial charge in [0.05, 0.1) is 5.69 Å². The summed E-state index contributed by atoms with van der Waals surface area (Å²) in [5.74, 6) is 9.35. The highest BCUT2D eigenvalue weighted by atomic mass is 32.2. The van der Waals surface area contributed by atoms with E-state index < -0.39 is 6.09 Å². The first-order chi connectivity index (χ1) is 10.2. The monoisotopic (exact) mass is 332 g/mol. The van der Waals surface area contributed by atoms with Gasteiger partial charge in [-0.2, -0.15) is 29.4 Å². The number of carbonyl (C=O) groups excluding carboxylic acids is 1. The van der Waals surface area contributed by atoms with Gasteiger partial charge in [0.2, 0.25) is 0 Å². The number of thioether (sulfide) groups is 2. The minimum atomic E-state index is -0.622. The maximum atomic E-state index is 11.3. The lowest BCUT2D eigenvalue weighted by Crippen LogP contribution is -2.28. The second-order valence-corrected chi connectivity index (χ2v) is 7.11. The lowest BCUT2D eigenvalue weighted by Gasteiger charge is -2.20. The molecule has 0 saturated heterocycles.